The lowest BCUT2D eigenvalue weighted by Crippen LogP contribution is -2.51. The fourth-order valence-corrected chi connectivity index (χ4v) is 24.4. The molecular formula is C91H127Br2ClFN9O20S5. The summed E-state index contributed by atoms with van der Waals surface area (Å²) in [5, 5.41) is 3.19. The molecule has 6 fully saturated rings. The summed E-state index contributed by atoms with van der Waals surface area (Å²) in [5.74, 6) is 3.36. The highest BCUT2D eigenvalue weighted by molar-refractivity contribution is 9.10. The molecule has 0 saturated carbocycles. The Kier molecular flexibility index (Phi) is 41.5. The Morgan fingerprint density at radius 2 is 0.853 bits per heavy atom. The Balaban J connectivity index is 0.000000232. The van der Waals surface area contributed by atoms with Crippen LogP contribution < -0.4 is 5.32 Å². The zero-order valence-electron chi connectivity index (χ0n) is 77.6. The third-order valence-electron chi connectivity index (χ3n) is 22.2. The van der Waals surface area contributed by atoms with E-state index < -0.39 is 72.5 Å². The number of alkyl halides is 3. The Bertz CT molecular complexity index is 5390. The highest BCUT2D eigenvalue weighted by atomic mass is 79.9. The summed E-state index contributed by atoms with van der Waals surface area (Å²) in [4.78, 5) is 78.9. The lowest BCUT2D eigenvalue weighted by Gasteiger charge is -2.34. The monoisotopic (exact) mass is 2040 g/mol. The molecule has 7 aromatic rings. The van der Waals surface area contributed by atoms with Gasteiger partial charge in [0.25, 0.3) is 0 Å². The first-order chi connectivity index (χ1) is 60.3. The summed E-state index contributed by atoms with van der Waals surface area (Å²) in [6.07, 6.45) is 6.88. The number of likely N-dealkylation sites (tertiary alicyclic amines) is 1. The van der Waals surface area contributed by atoms with Gasteiger partial charge >= 0.3 is 6.09 Å². The predicted octanol–water partition coefficient (Wildman–Crippen LogP) is 15.1. The molecule has 29 nitrogen and oxygen atoms in total. The zero-order valence-corrected chi connectivity index (χ0v) is 84.7. The summed E-state index contributed by atoms with van der Waals surface area (Å²) in [6, 6.07) is 33.2. The number of halogens is 4. The van der Waals surface area contributed by atoms with Crippen molar-refractivity contribution in [2.75, 3.05) is 59.6 Å². The second-order valence-electron chi connectivity index (χ2n) is 34.0. The molecule has 1 N–H and O–H groups in total. The first-order valence-electron chi connectivity index (χ1n) is 43.4. The van der Waals surface area contributed by atoms with Gasteiger partial charge in [0.2, 0.25) is 50.1 Å². The first-order valence-corrected chi connectivity index (χ1v) is 51.8. The standard InChI is InChI=1S/2C15H18N2O3S.2C13H16BrNO3S.C13H17NO3S.C11H19NO3.C6H11NO.C4H8O.CH3F.ClH/c1-10-4-6-13(7-5-10)21(18,19)17-9-15-14(8-11(17)2)16-12(3)20-15;1-10-4-6-13(7-5-10)21(18,19)17-9-8-14-15(11(17)2)20-12(3)16-14;1-9-3-5-11(6-4-9)19(17,18)15-8-12(14)13(16)7-10(15)2;1-9-3-5-11(6-4-9)19(17,18)15-8-7-12(16)13(14)10(15)2;1-10-3-5-13(6-4-10)18(16,17)14-8-7-12(15)9-11(14)2;1-8-7-9(13)5-6-12(8)10(14)15-11(2,3)4;1-5-4-6(8)2-3-7-5;1-2-4-5-3-1;1-2;/h2*4-7,11H,8-9H2,1-3H3;3-6,10,12H,7-8H2,1-2H3;3-6,10,13H,7-8H2,1-2H3;3-6,11H,7-9H2,1-2H3;8H,5-7H2,1-4H3;5,7H,2-4H2,1H3;1-4H2;1H3;1H/i;;;;;;;;1D;. The number of ketones is 5. The van der Waals surface area contributed by atoms with Crippen LogP contribution in [0.15, 0.2) is 155 Å². The summed E-state index contributed by atoms with van der Waals surface area (Å²) in [5.41, 5.74) is 6.39. The summed E-state index contributed by atoms with van der Waals surface area (Å²) in [6.45, 7) is 36.4. The number of oxazole rings is 2. The van der Waals surface area contributed by atoms with Crippen LogP contribution in [0.25, 0.3) is 0 Å². The molecule has 714 valence electrons. The maximum Gasteiger partial charge on any atom is 0.410 e. The van der Waals surface area contributed by atoms with Gasteiger partial charge in [0, 0.05) is 167 Å². The number of nitrogens with zero attached hydrogens (tertiary/aromatic N) is 8. The maximum atomic E-state index is 12.8. The average Bonchev–Trinajstić information content (AvgIpc) is 1.53. The van der Waals surface area contributed by atoms with E-state index in [9.17, 15) is 75.2 Å². The van der Waals surface area contributed by atoms with Crippen molar-refractivity contribution in [3.8, 4) is 0 Å². The number of piperidine rings is 5. The minimum absolute atomic E-state index is 0. The Labute approximate surface area is 786 Å². The average molecular weight is 2040 g/mol. The van der Waals surface area contributed by atoms with Crippen LogP contribution in [-0.4, -0.2) is 225 Å². The number of hydrogen-bond donors (Lipinski definition) is 1. The number of carbonyl (C=O) groups is 6. The van der Waals surface area contributed by atoms with Crippen molar-refractivity contribution in [1.82, 2.24) is 41.7 Å². The molecule has 15 rings (SSSR count). The topological polar surface area (TPSA) is 375 Å². The Morgan fingerprint density at radius 3 is 1.27 bits per heavy atom. The van der Waals surface area contributed by atoms with Gasteiger partial charge < -0.3 is 28.5 Å². The quantitative estimate of drug-likeness (QED) is 0.124. The lowest BCUT2D eigenvalue weighted by molar-refractivity contribution is -0.123. The third-order valence-corrected chi connectivity index (χ3v) is 34.2. The predicted molar refractivity (Wildman–Crippen MR) is 502 cm³/mol. The van der Waals surface area contributed by atoms with Crippen LogP contribution in [0.1, 0.15) is 203 Å². The number of benzene rings is 5. The van der Waals surface area contributed by atoms with Gasteiger partial charge in [-0.1, -0.05) is 120 Å². The van der Waals surface area contributed by atoms with E-state index in [1.54, 1.807) is 137 Å². The van der Waals surface area contributed by atoms with Crippen LogP contribution in [0, 0.1) is 48.5 Å². The normalized spacial score (nSPS) is 22.6. The molecule has 5 aromatic carbocycles. The summed E-state index contributed by atoms with van der Waals surface area (Å²) in [7, 11) is -18.6. The molecule has 38 heteroatoms. The number of hydrogen-bond acceptors (Lipinski definition) is 23. The van der Waals surface area contributed by atoms with Crippen molar-refractivity contribution in [1.29, 1.82) is 0 Å². The number of aryl methyl sites for hydroxylation is 7. The highest BCUT2D eigenvalue weighted by Gasteiger charge is 2.43. The van der Waals surface area contributed by atoms with Crippen molar-refractivity contribution in [3.63, 3.8) is 0 Å². The van der Waals surface area contributed by atoms with Crippen LogP contribution in [-0.2, 0) is 103 Å². The first kappa shape index (κ1) is 109. The van der Waals surface area contributed by atoms with E-state index in [1.807, 2.05) is 107 Å². The number of Topliss-reactive ketones (excluding diaryl/α,β-unsaturated/α-hetero) is 5. The van der Waals surface area contributed by atoms with Crippen LogP contribution in [0.5, 0.6) is 0 Å². The third kappa shape index (κ3) is 30.9. The van der Waals surface area contributed by atoms with Gasteiger partial charge in [-0.25, -0.2) is 56.9 Å². The molecule has 6 saturated heterocycles. The molecule has 1 amide bonds. The molecular weight excluding hydrogens is 1910 g/mol. The number of sulfonamides is 5. The van der Waals surface area contributed by atoms with Crippen molar-refractivity contribution < 1.29 is 94.9 Å². The van der Waals surface area contributed by atoms with E-state index in [0.29, 0.717) is 101 Å². The van der Waals surface area contributed by atoms with E-state index in [0.717, 1.165) is 71.8 Å². The smallest absolute Gasteiger partial charge is 0.410 e. The van der Waals surface area contributed by atoms with E-state index in [-0.39, 0.29) is 127 Å². The molecule has 2 aromatic heterocycles. The largest absolute Gasteiger partial charge is 0.444 e. The summed E-state index contributed by atoms with van der Waals surface area (Å²) < 4.78 is 170. The second-order valence-corrected chi connectivity index (χ2v) is 45.6. The molecule has 8 aliphatic rings. The van der Waals surface area contributed by atoms with Crippen LogP contribution in [0.4, 0.5) is 9.18 Å². The minimum atomic E-state index is -3.53. The minimum Gasteiger partial charge on any atom is -0.444 e. The second kappa shape index (κ2) is 49.2. The molecule has 8 aliphatic heterocycles. The SMILES string of the molecule is C1CCOC1.CC1CC(=O)CCN1.CC1CC(=O)CCN1C(=O)OC(C)(C)C.Cc1ccc(S(=O)(=O)N2CC(Br)C(=O)CC2C)cc1.Cc1ccc(S(=O)(=O)N2CCC(=O)C(Br)C2C)cc1.Cc1ccc(S(=O)(=O)N2CCC(=O)CC2C)cc1.Cc1ccc(S(=O)(=O)N2CCc3nc(C)oc3C2C)cc1.Cc1ccc(S(=O)(=O)N2Cc3oc(C)nc3CC2C)cc1.Cl.[2H]CF. The van der Waals surface area contributed by atoms with E-state index in [1.165, 1.54) is 34.4 Å². The van der Waals surface area contributed by atoms with Gasteiger partial charge in [0.15, 0.2) is 11.8 Å². The molecule has 0 bridgehead atoms. The van der Waals surface area contributed by atoms with Crippen molar-refractivity contribution >= 4 is 129 Å². The van der Waals surface area contributed by atoms with Crippen molar-refractivity contribution in [2.45, 2.75) is 283 Å². The van der Waals surface area contributed by atoms with Gasteiger partial charge in [-0.2, -0.15) is 21.5 Å². The fourth-order valence-electron chi connectivity index (χ4n) is 14.9. The maximum absolute atomic E-state index is 12.8. The van der Waals surface area contributed by atoms with Crippen LogP contribution in [0.3, 0.4) is 0 Å². The van der Waals surface area contributed by atoms with E-state index in [4.69, 9.17) is 19.7 Å². The molecule has 10 heterocycles. The van der Waals surface area contributed by atoms with Crippen LogP contribution in [0.2, 0.25) is 0 Å². The zero-order chi connectivity index (χ0) is 96.0. The number of aromatic nitrogens is 2. The van der Waals surface area contributed by atoms with Gasteiger partial charge in [-0.15, -0.1) is 12.4 Å². The molecule has 9 atom stereocenters. The van der Waals surface area contributed by atoms with Crippen molar-refractivity contribution in [3.05, 3.63) is 184 Å². The lowest BCUT2D eigenvalue weighted by atomic mass is 10.0. The van der Waals surface area contributed by atoms with E-state index >= 15 is 0 Å². The number of carbonyl (C=O) groups excluding carboxylic acids is 6. The van der Waals surface area contributed by atoms with Crippen LogP contribution >= 0.6 is 44.3 Å². The molecule has 0 spiro atoms. The Morgan fingerprint density at radius 1 is 0.473 bits per heavy atom. The van der Waals surface area contributed by atoms with Crippen molar-refractivity contribution in [2.24, 2.45) is 0 Å². The molecule has 0 aliphatic carbocycles. The summed E-state index contributed by atoms with van der Waals surface area (Å²) >= 11 is 6.52. The molecule has 129 heavy (non-hydrogen) atoms. The fraction of sp³-hybridized carbons (Fsp3) is 0.538. The number of fused-ring (bicyclic) bond motifs is 2. The van der Waals surface area contributed by atoms with E-state index in [2.05, 4.69) is 47.1 Å². The Hall–Kier alpha value is -7.21. The number of ether oxygens (including phenoxy) is 2. The molecule has 0 radical (unpaired) electrons. The van der Waals surface area contributed by atoms with Gasteiger partial charge in [0.1, 0.15) is 46.0 Å². The van der Waals surface area contributed by atoms with Gasteiger partial charge in [-0.05, 0) is 177 Å². The highest BCUT2D eigenvalue weighted by Crippen LogP contribution is 2.36. The number of rotatable bonds is 10. The van der Waals surface area contributed by atoms with Gasteiger partial charge in [0.05, 0.1) is 66.6 Å². The number of nitrogens with one attached hydrogen (secondary N) is 1. The van der Waals surface area contributed by atoms with Gasteiger partial charge in [-0.3, -0.25) is 28.4 Å². The molecule has 9 unspecified atom stereocenters. The number of amides is 1.